The number of rotatable bonds is 6. The van der Waals surface area contributed by atoms with Crippen LogP contribution in [0.2, 0.25) is 0 Å². The molecule has 6 nitrogen and oxygen atoms in total. The summed E-state index contributed by atoms with van der Waals surface area (Å²) in [4.78, 5) is 28.5. The highest BCUT2D eigenvalue weighted by molar-refractivity contribution is 7.15. The highest BCUT2D eigenvalue weighted by Crippen LogP contribution is 2.36. The summed E-state index contributed by atoms with van der Waals surface area (Å²) in [6.45, 7) is 4.43. The Morgan fingerprint density at radius 1 is 1.52 bits per heavy atom. The molecule has 0 saturated heterocycles. The number of carbonyl (C=O) groups is 2. The van der Waals surface area contributed by atoms with Gasteiger partial charge in [-0.2, -0.15) is 0 Å². The highest BCUT2D eigenvalue weighted by Gasteiger charge is 2.30. The smallest absolute Gasteiger partial charge is 0.312 e. The van der Waals surface area contributed by atoms with Crippen LogP contribution in [-0.2, 0) is 16.0 Å². The molecule has 0 aromatic carbocycles. The van der Waals surface area contributed by atoms with E-state index in [1.54, 1.807) is 6.92 Å². The Hall–Kier alpha value is -1.63. The van der Waals surface area contributed by atoms with Crippen molar-refractivity contribution >= 4 is 28.3 Å². The second-order valence-electron chi connectivity index (χ2n) is 5.27. The van der Waals surface area contributed by atoms with Crippen LogP contribution in [0, 0.1) is 0 Å². The predicted molar refractivity (Wildman–Crippen MR) is 81.8 cm³/mol. The maximum absolute atomic E-state index is 11.8. The zero-order valence-corrected chi connectivity index (χ0v) is 13.1. The van der Waals surface area contributed by atoms with Crippen molar-refractivity contribution in [2.24, 2.45) is 0 Å². The van der Waals surface area contributed by atoms with Crippen molar-refractivity contribution in [3.05, 3.63) is 10.6 Å². The number of aliphatic carboxylic acids is 1. The van der Waals surface area contributed by atoms with Gasteiger partial charge in [0.25, 0.3) is 0 Å². The maximum Gasteiger partial charge on any atom is 0.312 e. The number of nitrogens with zero attached hydrogens (tertiary/aromatic N) is 1. The molecule has 1 aliphatic carbocycles. The number of carboxylic acids is 1. The standard InChI is InChI=1S/C14H21N3O3S/c1-3-7-15-12(18)8(2)16-14-17-11-9(13(19)20)5-4-6-10(11)21-14/h8-9H,3-7H2,1-2H3,(H,15,18)(H,16,17)(H,19,20). The number of hydrogen-bond acceptors (Lipinski definition) is 5. The first-order chi connectivity index (χ1) is 10.0. The van der Waals surface area contributed by atoms with E-state index in [4.69, 9.17) is 0 Å². The summed E-state index contributed by atoms with van der Waals surface area (Å²) in [6.07, 6.45) is 3.27. The van der Waals surface area contributed by atoms with Gasteiger partial charge in [-0.15, -0.1) is 11.3 Å². The first-order valence-electron chi connectivity index (χ1n) is 7.29. The molecule has 21 heavy (non-hydrogen) atoms. The van der Waals surface area contributed by atoms with E-state index in [1.165, 1.54) is 11.3 Å². The van der Waals surface area contributed by atoms with Crippen LogP contribution in [0.25, 0.3) is 0 Å². The molecular weight excluding hydrogens is 290 g/mol. The molecule has 116 valence electrons. The lowest BCUT2D eigenvalue weighted by molar-refractivity contribution is -0.139. The molecule has 1 aromatic heterocycles. The topological polar surface area (TPSA) is 91.3 Å². The SMILES string of the molecule is CCCNC(=O)C(C)Nc1nc2c(s1)CCCC2C(=O)O. The summed E-state index contributed by atoms with van der Waals surface area (Å²) in [7, 11) is 0. The molecule has 1 heterocycles. The van der Waals surface area contributed by atoms with Crippen LogP contribution in [-0.4, -0.2) is 34.6 Å². The molecule has 0 fully saturated rings. The summed E-state index contributed by atoms with van der Waals surface area (Å²) >= 11 is 1.46. The van der Waals surface area contributed by atoms with Gasteiger partial charge < -0.3 is 15.7 Å². The average Bonchev–Trinajstić information content (AvgIpc) is 2.86. The lowest BCUT2D eigenvalue weighted by Crippen LogP contribution is -2.37. The number of fused-ring (bicyclic) bond motifs is 1. The van der Waals surface area contributed by atoms with Crippen LogP contribution in [0.4, 0.5) is 5.13 Å². The Bertz CT molecular complexity index is 530. The lowest BCUT2D eigenvalue weighted by atomic mass is 9.91. The Morgan fingerprint density at radius 3 is 2.95 bits per heavy atom. The van der Waals surface area contributed by atoms with Gasteiger partial charge in [-0.1, -0.05) is 6.92 Å². The van der Waals surface area contributed by atoms with E-state index in [0.29, 0.717) is 23.8 Å². The Balaban J connectivity index is 2.05. The normalized spacial score (nSPS) is 18.7. The third-order valence-electron chi connectivity index (χ3n) is 3.53. The van der Waals surface area contributed by atoms with Crippen LogP contribution >= 0.6 is 11.3 Å². The molecule has 2 rings (SSSR count). The number of carbonyl (C=O) groups excluding carboxylic acids is 1. The van der Waals surface area contributed by atoms with Crippen LogP contribution < -0.4 is 10.6 Å². The third kappa shape index (κ3) is 3.72. The molecule has 2 atom stereocenters. The fraction of sp³-hybridized carbons (Fsp3) is 0.643. The Kier molecular flexibility index (Phi) is 5.17. The number of aryl methyl sites for hydroxylation is 1. The summed E-state index contributed by atoms with van der Waals surface area (Å²) in [6, 6.07) is -0.382. The fourth-order valence-electron chi connectivity index (χ4n) is 2.37. The number of anilines is 1. The van der Waals surface area contributed by atoms with Gasteiger partial charge in [-0.25, -0.2) is 4.98 Å². The molecule has 7 heteroatoms. The van der Waals surface area contributed by atoms with Crippen molar-refractivity contribution in [3.8, 4) is 0 Å². The van der Waals surface area contributed by atoms with Crippen molar-refractivity contribution in [3.63, 3.8) is 0 Å². The van der Waals surface area contributed by atoms with Gasteiger partial charge in [0.05, 0.1) is 5.69 Å². The Morgan fingerprint density at radius 2 is 2.29 bits per heavy atom. The molecule has 0 bridgehead atoms. The van der Waals surface area contributed by atoms with Crippen molar-refractivity contribution in [2.45, 2.75) is 51.5 Å². The van der Waals surface area contributed by atoms with Gasteiger partial charge in [0, 0.05) is 11.4 Å². The second-order valence-corrected chi connectivity index (χ2v) is 6.35. The molecule has 0 aliphatic heterocycles. The first kappa shape index (κ1) is 15.8. The van der Waals surface area contributed by atoms with Gasteiger partial charge in [-0.3, -0.25) is 9.59 Å². The number of nitrogens with one attached hydrogen (secondary N) is 2. The van der Waals surface area contributed by atoms with E-state index < -0.39 is 11.9 Å². The molecule has 0 spiro atoms. The fourth-order valence-corrected chi connectivity index (χ4v) is 3.52. The van der Waals surface area contributed by atoms with Crippen LogP contribution in [0.1, 0.15) is 49.6 Å². The monoisotopic (exact) mass is 311 g/mol. The van der Waals surface area contributed by atoms with E-state index in [-0.39, 0.29) is 11.9 Å². The highest BCUT2D eigenvalue weighted by atomic mass is 32.1. The molecule has 3 N–H and O–H groups in total. The van der Waals surface area contributed by atoms with Crippen molar-refractivity contribution in [2.75, 3.05) is 11.9 Å². The summed E-state index contributed by atoms with van der Waals surface area (Å²) in [5, 5.41) is 15.8. The van der Waals surface area contributed by atoms with Crippen LogP contribution in [0.5, 0.6) is 0 Å². The summed E-state index contributed by atoms with van der Waals surface area (Å²) < 4.78 is 0. The van der Waals surface area contributed by atoms with Gasteiger partial charge >= 0.3 is 5.97 Å². The quantitative estimate of drug-likeness (QED) is 0.747. The predicted octanol–water partition coefficient (Wildman–Crippen LogP) is 1.97. The maximum atomic E-state index is 11.8. The van der Waals surface area contributed by atoms with Crippen molar-refractivity contribution in [1.82, 2.24) is 10.3 Å². The Labute approximate surface area is 128 Å². The number of carboxylic acid groups (broad SMARTS) is 1. The minimum absolute atomic E-state index is 0.0696. The van der Waals surface area contributed by atoms with Crippen molar-refractivity contribution in [1.29, 1.82) is 0 Å². The van der Waals surface area contributed by atoms with Gasteiger partial charge in [-0.05, 0) is 32.6 Å². The largest absolute Gasteiger partial charge is 0.481 e. The van der Waals surface area contributed by atoms with E-state index in [9.17, 15) is 14.7 Å². The minimum Gasteiger partial charge on any atom is -0.481 e. The first-order valence-corrected chi connectivity index (χ1v) is 8.11. The number of aromatic nitrogens is 1. The molecule has 1 aliphatic rings. The minimum atomic E-state index is -0.818. The third-order valence-corrected chi connectivity index (χ3v) is 4.60. The van der Waals surface area contributed by atoms with E-state index in [0.717, 1.165) is 24.1 Å². The number of hydrogen-bond donors (Lipinski definition) is 3. The molecule has 0 saturated carbocycles. The van der Waals surface area contributed by atoms with Crippen molar-refractivity contribution < 1.29 is 14.7 Å². The van der Waals surface area contributed by atoms with Gasteiger partial charge in [0.1, 0.15) is 12.0 Å². The molecule has 2 unspecified atom stereocenters. The molecule has 1 aromatic rings. The van der Waals surface area contributed by atoms with Crippen LogP contribution in [0.15, 0.2) is 0 Å². The molecule has 1 amide bonds. The average molecular weight is 311 g/mol. The zero-order chi connectivity index (χ0) is 15.4. The molecular formula is C14H21N3O3S. The summed E-state index contributed by atoms with van der Waals surface area (Å²) in [5.41, 5.74) is 0.669. The number of thiazole rings is 1. The lowest BCUT2D eigenvalue weighted by Gasteiger charge is -2.16. The summed E-state index contributed by atoms with van der Waals surface area (Å²) in [5.74, 6) is -1.40. The number of amides is 1. The van der Waals surface area contributed by atoms with E-state index in [1.807, 2.05) is 6.92 Å². The van der Waals surface area contributed by atoms with Gasteiger partial charge in [0.2, 0.25) is 5.91 Å². The second kappa shape index (κ2) is 6.89. The zero-order valence-electron chi connectivity index (χ0n) is 12.3. The van der Waals surface area contributed by atoms with Gasteiger partial charge in [0.15, 0.2) is 5.13 Å². The molecule has 0 radical (unpaired) electrons. The van der Waals surface area contributed by atoms with E-state index in [2.05, 4.69) is 15.6 Å². The van der Waals surface area contributed by atoms with Crippen LogP contribution in [0.3, 0.4) is 0 Å². The van der Waals surface area contributed by atoms with E-state index >= 15 is 0 Å².